The highest BCUT2D eigenvalue weighted by Gasteiger charge is 2.45. The molecule has 0 aliphatic carbocycles. The Kier molecular flexibility index (Phi) is 8.16. The summed E-state index contributed by atoms with van der Waals surface area (Å²) in [7, 11) is -2.10. The Balaban J connectivity index is 1.60. The molecule has 0 unspecified atom stereocenters. The molecule has 0 aliphatic rings. The van der Waals surface area contributed by atoms with E-state index in [9.17, 15) is 4.79 Å². The van der Waals surface area contributed by atoms with Crippen molar-refractivity contribution in [2.75, 3.05) is 5.32 Å². The molecule has 0 saturated heterocycles. The van der Waals surface area contributed by atoms with E-state index in [1.807, 2.05) is 56.3 Å². The second-order valence-corrected chi connectivity index (χ2v) is 13.2. The van der Waals surface area contributed by atoms with Crippen LogP contribution in [0.1, 0.15) is 25.0 Å². The van der Waals surface area contributed by atoms with Gasteiger partial charge in [-0.2, -0.15) is 0 Å². The Bertz CT molecular complexity index is 1470. The predicted molar refractivity (Wildman–Crippen MR) is 169 cm³/mol. The minimum absolute atomic E-state index is 0.0770. The first-order valence-electron chi connectivity index (χ1n) is 13.3. The van der Waals surface area contributed by atoms with Crippen molar-refractivity contribution < 1.29 is 4.79 Å². The second-order valence-electron chi connectivity index (χ2n) is 9.70. The van der Waals surface area contributed by atoms with Gasteiger partial charge in [0.2, 0.25) is 0 Å². The zero-order valence-electron chi connectivity index (χ0n) is 22.4. The largest absolute Gasteiger partial charge is 0.322 e. The second kappa shape index (κ2) is 12.1. The lowest BCUT2D eigenvalue weighted by Gasteiger charge is -2.28. The number of carbonyl (C=O) groups is 1. The van der Waals surface area contributed by atoms with Crippen molar-refractivity contribution in [3.63, 3.8) is 0 Å². The van der Waals surface area contributed by atoms with Gasteiger partial charge >= 0.3 is 0 Å². The maximum absolute atomic E-state index is 13.5. The van der Waals surface area contributed by atoms with Gasteiger partial charge in [0.05, 0.1) is 0 Å². The molecule has 3 heteroatoms. The number of hydrogen-bond acceptors (Lipinski definition) is 1. The molecule has 5 rings (SSSR count). The number of anilines is 1. The molecule has 0 spiro atoms. The minimum Gasteiger partial charge on any atom is -0.322 e. The number of para-hydroxylation sites is 1. The lowest BCUT2D eigenvalue weighted by atomic mass is 10.0. The Hall–Kier alpha value is -4.26. The standard InChI is InChI=1S/C36H32NOP/c1-28(30-17-7-3-8-18-30)29(2)36(38)37-35-26-16-15-19-31(35)27-39(32-20-9-4-10-21-32,33-22-11-5-12-23-33)34-24-13-6-14-25-34/h3-26H,27H2,1-2H3/p+1/b29-28+. The lowest BCUT2D eigenvalue weighted by Crippen LogP contribution is -2.32. The monoisotopic (exact) mass is 526 g/mol. The van der Waals surface area contributed by atoms with Gasteiger partial charge in [0, 0.05) is 16.8 Å². The average Bonchev–Trinajstić information content (AvgIpc) is 3.01. The average molecular weight is 527 g/mol. The van der Waals surface area contributed by atoms with Gasteiger partial charge in [-0.25, -0.2) is 0 Å². The molecular weight excluding hydrogens is 493 g/mol. The van der Waals surface area contributed by atoms with Crippen molar-refractivity contribution in [1.29, 1.82) is 0 Å². The molecule has 5 aromatic carbocycles. The smallest absolute Gasteiger partial charge is 0.251 e. The minimum atomic E-state index is -2.10. The van der Waals surface area contributed by atoms with E-state index in [0.29, 0.717) is 5.57 Å². The highest BCUT2D eigenvalue weighted by molar-refractivity contribution is 7.95. The first-order chi connectivity index (χ1) is 19.1. The molecule has 0 radical (unpaired) electrons. The maximum atomic E-state index is 13.5. The zero-order chi connectivity index (χ0) is 27.1. The molecule has 2 nitrogen and oxygen atoms in total. The van der Waals surface area contributed by atoms with Crippen molar-refractivity contribution >= 4 is 40.3 Å². The fourth-order valence-corrected chi connectivity index (χ4v) is 9.37. The molecule has 39 heavy (non-hydrogen) atoms. The fraction of sp³-hybridized carbons (Fsp3) is 0.0833. The Morgan fingerprint density at radius 1 is 0.564 bits per heavy atom. The number of benzene rings is 5. The molecule has 0 atom stereocenters. The van der Waals surface area contributed by atoms with Crippen LogP contribution in [0.25, 0.3) is 5.57 Å². The topological polar surface area (TPSA) is 29.1 Å². The molecule has 0 heterocycles. The lowest BCUT2D eigenvalue weighted by molar-refractivity contribution is -0.112. The highest BCUT2D eigenvalue weighted by Crippen LogP contribution is 2.58. The zero-order valence-corrected chi connectivity index (χ0v) is 23.3. The highest BCUT2D eigenvalue weighted by atomic mass is 31.2. The van der Waals surface area contributed by atoms with Crippen LogP contribution in [-0.4, -0.2) is 5.91 Å². The molecule has 192 valence electrons. The van der Waals surface area contributed by atoms with Crippen LogP contribution in [0.5, 0.6) is 0 Å². The first kappa shape index (κ1) is 26.4. The molecule has 5 aromatic rings. The number of hydrogen-bond donors (Lipinski definition) is 1. The van der Waals surface area contributed by atoms with Crippen LogP contribution in [0, 0.1) is 0 Å². The summed E-state index contributed by atoms with van der Waals surface area (Å²) in [6.45, 7) is 3.91. The Morgan fingerprint density at radius 3 is 1.46 bits per heavy atom. The third-order valence-electron chi connectivity index (χ3n) is 7.37. The van der Waals surface area contributed by atoms with Gasteiger partial charge in [0.1, 0.15) is 29.3 Å². The Labute approximate surface area is 232 Å². The van der Waals surface area contributed by atoms with Crippen LogP contribution in [0.3, 0.4) is 0 Å². The molecule has 0 fully saturated rings. The van der Waals surface area contributed by atoms with Gasteiger partial charge in [-0.05, 0) is 67.4 Å². The van der Waals surface area contributed by atoms with Crippen LogP contribution in [0.15, 0.2) is 151 Å². The summed E-state index contributed by atoms with van der Waals surface area (Å²) in [5.74, 6) is -0.0770. The molecule has 0 aromatic heterocycles. The van der Waals surface area contributed by atoms with Crippen molar-refractivity contribution in [3.8, 4) is 0 Å². The van der Waals surface area contributed by atoms with E-state index in [1.54, 1.807) is 0 Å². The quantitative estimate of drug-likeness (QED) is 0.164. The van der Waals surface area contributed by atoms with E-state index in [4.69, 9.17) is 0 Å². The van der Waals surface area contributed by atoms with Gasteiger partial charge in [0.15, 0.2) is 0 Å². The van der Waals surface area contributed by atoms with E-state index in [2.05, 4.69) is 108 Å². The van der Waals surface area contributed by atoms with Crippen LogP contribution in [0.2, 0.25) is 0 Å². The van der Waals surface area contributed by atoms with E-state index >= 15 is 0 Å². The van der Waals surface area contributed by atoms with Gasteiger partial charge in [-0.1, -0.05) is 103 Å². The number of allylic oxidation sites excluding steroid dienone is 1. The fourth-order valence-electron chi connectivity index (χ4n) is 5.10. The van der Waals surface area contributed by atoms with Crippen molar-refractivity contribution in [2.45, 2.75) is 20.0 Å². The van der Waals surface area contributed by atoms with Crippen molar-refractivity contribution in [2.24, 2.45) is 0 Å². The van der Waals surface area contributed by atoms with Gasteiger partial charge in [0.25, 0.3) is 5.91 Å². The van der Waals surface area contributed by atoms with Crippen LogP contribution in [0.4, 0.5) is 5.69 Å². The molecule has 0 bridgehead atoms. The predicted octanol–water partition coefficient (Wildman–Crippen LogP) is 7.61. The molecule has 1 amide bonds. The summed E-state index contributed by atoms with van der Waals surface area (Å²) in [5, 5.41) is 7.22. The molecule has 0 aliphatic heterocycles. The van der Waals surface area contributed by atoms with E-state index in [0.717, 1.165) is 28.5 Å². The third-order valence-corrected chi connectivity index (χ3v) is 11.7. The van der Waals surface area contributed by atoms with Gasteiger partial charge < -0.3 is 5.32 Å². The molecule has 0 saturated carbocycles. The van der Waals surface area contributed by atoms with E-state index in [1.165, 1.54) is 15.9 Å². The molecular formula is C36H33NOP+. The van der Waals surface area contributed by atoms with E-state index in [-0.39, 0.29) is 5.91 Å². The van der Waals surface area contributed by atoms with Crippen LogP contribution in [-0.2, 0) is 11.0 Å². The number of carbonyl (C=O) groups excluding carboxylic acids is 1. The van der Waals surface area contributed by atoms with Crippen molar-refractivity contribution in [3.05, 3.63) is 162 Å². The summed E-state index contributed by atoms with van der Waals surface area (Å²) in [6, 6.07) is 50.8. The van der Waals surface area contributed by atoms with E-state index < -0.39 is 7.26 Å². The number of nitrogens with one attached hydrogen (secondary N) is 1. The summed E-state index contributed by atoms with van der Waals surface area (Å²) in [5.41, 5.74) is 4.73. The first-order valence-corrected chi connectivity index (χ1v) is 15.2. The maximum Gasteiger partial charge on any atom is 0.251 e. The SMILES string of the molecule is C/C(C(=O)Nc1ccccc1C[P+](c1ccccc1)(c1ccccc1)c1ccccc1)=C(/C)c1ccccc1. The molecule has 1 N–H and O–H groups in total. The summed E-state index contributed by atoms with van der Waals surface area (Å²) >= 11 is 0. The third kappa shape index (κ3) is 5.62. The summed E-state index contributed by atoms with van der Waals surface area (Å²) in [4.78, 5) is 13.5. The summed E-state index contributed by atoms with van der Waals surface area (Å²) < 4.78 is 0. The number of rotatable bonds is 8. The van der Waals surface area contributed by atoms with Crippen molar-refractivity contribution in [1.82, 2.24) is 0 Å². The Morgan fingerprint density at radius 2 is 0.974 bits per heavy atom. The normalized spacial score (nSPS) is 11.9. The van der Waals surface area contributed by atoms with Gasteiger partial charge in [-0.3, -0.25) is 4.79 Å². The summed E-state index contributed by atoms with van der Waals surface area (Å²) in [6.07, 6.45) is 0.794. The van der Waals surface area contributed by atoms with Crippen LogP contribution >= 0.6 is 7.26 Å². The number of amides is 1. The van der Waals surface area contributed by atoms with Crippen LogP contribution < -0.4 is 21.2 Å². The van der Waals surface area contributed by atoms with Gasteiger partial charge in [-0.15, -0.1) is 0 Å².